The van der Waals surface area contributed by atoms with Crippen LogP contribution in [0.4, 0.5) is 0 Å². The maximum absolute atomic E-state index is 13.2. The minimum Gasteiger partial charge on any atom is -0.495 e. The van der Waals surface area contributed by atoms with E-state index in [9.17, 15) is 21.6 Å². The van der Waals surface area contributed by atoms with Gasteiger partial charge in [0, 0.05) is 24.7 Å². The van der Waals surface area contributed by atoms with E-state index in [-0.39, 0.29) is 46.1 Å². The first-order valence-electron chi connectivity index (χ1n) is 9.75. The molecular formula is C20H24ClN3O6S2. The van der Waals surface area contributed by atoms with Gasteiger partial charge in [-0.3, -0.25) is 4.79 Å². The van der Waals surface area contributed by atoms with Gasteiger partial charge < -0.3 is 10.1 Å². The third-order valence-corrected chi connectivity index (χ3v) is 8.27. The minimum absolute atomic E-state index is 0.0165. The van der Waals surface area contributed by atoms with E-state index in [4.69, 9.17) is 21.5 Å². The Morgan fingerprint density at radius 1 is 1.19 bits per heavy atom. The minimum atomic E-state index is -3.90. The maximum Gasteiger partial charge on any atom is 0.246 e. The number of primary sulfonamides is 1. The predicted molar refractivity (Wildman–Crippen MR) is 119 cm³/mol. The van der Waals surface area contributed by atoms with Gasteiger partial charge in [0.1, 0.15) is 10.6 Å². The molecule has 0 saturated carbocycles. The summed E-state index contributed by atoms with van der Waals surface area (Å²) in [6, 6.07) is 10.2. The molecule has 12 heteroatoms. The fourth-order valence-corrected chi connectivity index (χ4v) is 5.95. The lowest BCUT2D eigenvalue weighted by molar-refractivity contribution is -0.126. The van der Waals surface area contributed by atoms with Crippen LogP contribution in [0.3, 0.4) is 0 Å². The van der Waals surface area contributed by atoms with Crippen molar-refractivity contribution in [2.75, 3.05) is 20.2 Å². The summed E-state index contributed by atoms with van der Waals surface area (Å²) in [5.41, 5.74) is 0.690. The Kier molecular flexibility index (Phi) is 7.46. The molecule has 2 aromatic rings. The molecule has 174 valence electrons. The van der Waals surface area contributed by atoms with Gasteiger partial charge in [-0.2, -0.15) is 4.31 Å². The van der Waals surface area contributed by atoms with E-state index in [1.807, 2.05) is 0 Å². The van der Waals surface area contributed by atoms with Crippen molar-refractivity contribution in [3.63, 3.8) is 0 Å². The van der Waals surface area contributed by atoms with Crippen LogP contribution in [-0.2, 0) is 31.4 Å². The molecule has 1 amide bonds. The number of amides is 1. The monoisotopic (exact) mass is 501 g/mol. The molecule has 1 aliphatic heterocycles. The van der Waals surface area contributed by atoms with Gasteiger partial charge in [-0.15, -0.1) is 0 Å². The van der Waals surface area contributed by atoms with Crippen molar-refractivity contribution < 1.29 is 26.4 Å². The number of rotatable bonds is 7. The molecule has 1 atom stereocenters. The van der Waals surface area contributed by atoms with Gasteiger partial charge in [0.05, 0.1) is 17.9 Å². The summed E-state index contributed by atoms with van der Waals surface area (Å²) in [6.45, 7) is 0.500. The van der Waals surface area contributed by atoms with Gasteiger partial charge in [-0.05, 0) is 48.7 Å². The zero-order valence-electron chi connectivity index (χ0n) is 17.3. The van der Waals surface area contributed by atoms with Crippen LogP contribution < -0.4 is 15.2 Å². The van der Waals surface area contributed by atoms with E-state index in [1.54, 1.807) is 18.2 Å². The first-order valence-corrected chi connectivity index (χ1v) is 13.1. The Hall–Kier alpha value is -2.18. The molecule has 0 bridgehead atoms. The van der Waals surface area contributed by atoms with Crippen LogP contribution in [0.15, 0.2) is 52.3 Å². The highest BCUT2D eigenvalue weighted by molar-refractivity contribution is 7.89. The van der Waals surface area contributed by atoms with Crippen molar-refractivity contribution in [2.45, 2.75) is 29.2 Å². The highest BCUT2D eigenvalue weighted by atomic mass is 35.5. The number of carbonyl (C=O) groups excluding carboxylic acids is 1. The van der Waals surface area contributed by atoms with Gasteiger partial charge in [-0.25, -0.2) is 22.0 Å². The van der Waals surface area contributed by atoms with Gasteiger partial charge in [0.2, 0.25) is 26.0 Å². The maximum atomic E-state index is 13.2. The Bertz CT molecular complexity index is 1200. The number of ether oxygens (including phenoxy) is 1. The van der Waals surface area contributed by atoms with Crippen molar-refractivity contribution in [1.29, 1.82) is 0 Å². The number of nitrogens with two attached hydrogens (primary N) is 1. The lowest BCUT2D eigenvalue weighted by Crippen LogP contribution is -2.45. The number of piperidine rings is 1. The molecule has 2 aromatic carbocycles. The third kappa shape index (κ3) is 5.59. The second kappa shape index (κ2) is 9.75. The summed E-state index contributed by atoms with van der Waals surface area (Å²) in [5.74, 6) is -0.616. The fourth-order valence-electron chi connectivity index (χ4n) is 3.50. The average Bonchev–Trinajstić information content (AvgIpc) is 2.77. The molecule has 0 radical (unpaired) electrons. The molecule has 1 saturated heterocycles. The molecule has 9 nitrogen and oxygen atoms in total. The quantitative estimate of drug-likeness (QED) is 0.592. The summed E-state index contributed by atoms with van der Waals surface area (Å²) in [5, 5.41) is 8.13. The molecular weight excluding hydrogens is 478 g/mol. The number of nitrogens with one attached hydrogen (secondary N) is 1. The number of sulfonamides is 2. The molecule has 0 aromatic heterocycles. The number of methoxy groups -OCH3 is 1. The van der Waals surface area contributed by atoms with E-state index < -0.39 is 26.0 Å². The van der Waals surface area contributed by atoms with Crippen LogP contribution in [-0.4, -0.2) is 47.2 Å². The SMILES string of the molecule is COc1ccc(Cl)cc1S(=O)(=O)N1CCC[C@@H](C(=O)NCc2ccc(S(N)(=O)=O)cc2)C1. The Morgan fingerprint density at radius 2 is 1.88 bits per heavy atom. The van der Waals surface area contributed by atoms with Crippen LogP contribution in [0.5, 0.6) is 5.75 Å². The number of hydrogen-bond acceptors (Lipinski definition) is 6. The van der Waals surface area contributed by atoms with Crippen molar-refractivity contribution in [2.24, 2.45) is 11.1 Å². The van der Waals surface area contributed by atoms with E-state index in [1.165, 1.54) is 35.7 Å². The fraction of sp³-hybridized carbons (Fsp3) is 0.350. The molecule has 1 fully saturated rings. The molecule has 1 heterocycles. The van der Waals surface area contributed by atoms with Crippen LogP contribution in [0.25, 0.3) is 0 Å². The average molecular weight is 502 g/mol. The van der Waals surface area contributed by atoms with Gasteiger partial charge in [0.25, 0.3) is 0 Å². The normalized spacial score (nSPS) is 17.7. The second-order valence-corrected chi connectivity index (χ2v) is 11.3. The molecule has 0 spiro atoms. The smallest absolute Gasteiger partial charge is 0.246 e. The van der Waals surface area contributed by atoms with Crippen LogP contribution >= 0.6 is 11.6 Å². The molecule has 0 aliphatic carbocycles. The zero-order valence-corrected chi connectivity index (χ0v) is 19.7. The molecule has 0 unspecified atom stereocenters. The number of carbonyl (C=O) groups is 1. The number of halogens is 1. The van der Waals surface area contributed by atoms with Crippen molar-refractivity contribution in [3.05, 3.63) is 53.1 Å². The molecule has 3 N–H and O–H groups in total. The molecule has 3 rings (SSSR count). The van der Waals surface area contributed by atoms with Crippen molar-refractivity contribution >= 4 is 37.6 Å². The molecule has 32 heavy (non-hydrogen) atoms. The van der Waals surface area contributed by atoms with Gasteiger partial charge >= 0.3 is 0 Å². The molecule has 1 aliphatic rings. The van der Waals surface area contributed by atoms with E-state index in [2.05, 4.69) is 5.32 Å². The largest absolute Gasteiger partial charge is 0.495 e. The lowest BCUT2D eigenvalue weighted by atomic mass is 9.99. The Morgan fingerprint density at radius 3 is 2.50 bits per heavy atom. The summed E-state index contributed by atoms with van der Waals surface area (Å²) < 4.78 is 55.5. The first kappa shape index (κ1) is 24.5. The van der Waals surface area contributed by atoms with Crippen molar-refractivity contribution in [1.82, 2.24) is 9.62 Å². The topological polar surface area (TPSA) is 136 Å². The van der Waals surface area contributed by atoms with Gasteiger partial charge in [-0.1, -0.05) is 23.7 Å². The van der Waals surface area contributed by atoms with Crippen LogP contribution in [0, 0.1) is 5.92 Å². The van der Waals surface area contributed by atoms with Crippen LogP contribution in [0.2, 0.25) is 5.02 Å². The lowest BCUT2D eigenvalue weighted by Gasteiger charge is -2.31. The Balaban J connectivity index is 1.68. The third-order valence-electron chi connectivity index (χ3n) is 5.22. The first-order chi connectivity index (χ1) is 15.0. The summed E-state index contributed by atoms with van der Waals surface area (Å²) in [4.78, 5) is 12.6. The van der Waals surface area contributed by atoms with Crippen LogP contribution in [0.1, 0.15) is 18.4 Å². The number of benzene rings is 2. The number of nitrogens with zero attached hydrogens (tertiary/aromatic N) is 1. The summed E-state index contributed by atoms with van der Waals surface area (Å²) in [7, 11) is -6.31. The Labute approximate surface area is 192 Å². The van der Waals surface area contributed by atoms with E-state index in [0.717, 1.165) is 0 Å². The van der Waals surface area contributed by atoms with E-state index >= 15 is 0 Å². The predicted octanol–water partition coefficient (Wildman–Crippen LogP) is 1.71. The van der Waals surface area contributed by atoms with E-state index in [0.29, 0.717) is 18.4 Å². The van der Waals surface area contributed by atoms with Crippen molar-refractivity contribution in [3.8, 4) is 5.75 Å². The summed E-state index contributed by atoms with van der Waals surface area (Å²) >= 11 is 5.99. The highest BCUT2D eigenvalue weighted by Crippen LogP contribution is 2.32. The number of hydrogen-bond donors (Lipinski definition) is 2. The highest BCUT2D eigenvalue weighted by Gasteiger charge is 2.35. The zero-order chi connectivity index (χ0) is 23.5. The standard InChI is InChI=1S/C20H24ClN3O6S2/c1-30-18-9-6-16(21)11-19(18)32(28,29)24-10-2-3-15(13-24)20(25)23-12-14-4-7-17(8-5-14)31(22,26)27/h4-9,11,15H,2-3,10,12-13H2,1H3,(H,23,25)(H2,22,26,27)/t15-/m1/s1. The second-order valence-electron chi connectivity index (χ2n) is 7.40. The summed E-state index contributed by atoms with van der Waals surface area (Å²) in [6.07, 6.45) is 1.08. The van der Waals surface area contributed by atoms with Gasteiger partial charge in [0.15, 0.2) is 0 Å².